The van der Waals surface area contributed by atoms with Gasteiger partial charge in [-0.1, -0.05) is 0 Å². The number of hydrogen-bond donors (Lipinski definition) is 1. The van der Waals surface area contributed by atoms with Crippen molar-refractivity contribution in [1.82, 2.24) is 0 Å². The monoisotopic (exact) mass is 415 g/mol. The molecule has 1 fully saturated rings. The SMILES string of the molecule is CCOC(=O)c1cc(C(=O)Nc2cc(F)ccc2N2CCCCC2)cc([N+](=O)[O-])c1. The Labute approximate surface area is 172 Å². The third-order valence-electron chi connectivity index (χ3n) is 4.81. The summed E-state index contributed by atoms with van der Waals surface area (Å²) in [5, 5.41) is 13.9. The number of non-ortho nitro benzene ring substituents is 1. The number of nitrogens with zero attached hydrogens (tertiary/aromatic N) is 2. The number of halogens is 1. The molecule has 0 unspecified atom stereocenters. The number of anilines is 2. The molecular weight excluding hydrogens is 393 g/mol. The van der Waals surface area contributed by atoms with Crippen LogP contribution in [0, 0.1) is 15.9 Å². The number of nitro benzene ring substituents is 1. The zero-order valence-corrected chi connectivity index (χ0v) is 16.5. The molecular formula is C21H22FN3O5. The zero-order chi connectivity index (χ0) is 21.7. The number of carbonyl (C=O) groups excluding carboxylic acids is 2. The van der Waals surface area contributed by atoms with Gasteiger partial charge in [0.25, 0.3) is 11.6 Å². The summed E-state index contributed by atoms with van der Waals surface area (Å²) in [7, 11) is 0. The van der Waals surface area contributed by atoms with E-state index in [1.807, 2.05) is 0 Å². The number of amides is 1. The summed E-state index contributed by atoms with van der Waals surface area (Å²) in [5.74, 6) is -1.97. The second-order valence-electron chi connectivity index (χ2n) is 6.91. The molecule has 2 aromatic carbocycles. The Morgan fingerprint density at radius 2 is 1.83 bits per heavy atom. The number of nitro groups is 1. The summed E-state index contributed by atoms with van der Waals surface area (Å²) in [6.07, 6.45) is 3.11. The lowest BCUT2D eigenvalue weighted by Crippen LogP contribution is -2.30. The quantitative estimate of drug-likeness (QED) is 0.432. The topological polar surface area (TPSA) is 102 Å². The third kappa shape index (κ3) is 4.91. The van der Waals surface area contributed by atoms with E-state index in [1.165, 1.54) is 18.2 Å². The average Bonchev–Trinajstić information content (AvgIpc) is 2.74. The maximum absolute atomic E-state index is 13.9. The van der Waals surface area contributed by atoms with Crippen molar-refractivity contribution in [2.45, 2.75) is 26.2 Å². The van der Waals surface area contributed by atoms with Gasteiger partial charge in [-0.05, 0) is 50.5 Å². The molecule has 1 aliphatic rings. The average molecular weight is 415 g/mol. The van der Waals surface area contributed by atoms with Gasteiger partial charge in [0.2, 0.25) is 0 Å². The van der Waals surface area contributed by atoms with Gasteiger partial charge >= 0.3 is 5.97 Å². The third-order valence-corrected chi connectivity index (χ3v) is 4.81. The minimum Gasteiger partial charge on any atom is -0.462 e. The van der Waals surface area contributed by atoms with Crippen molar-refractivity contribution in [3.8, 4) is 0 Å². The van der Waals surface area contributed by atoms with E-state index >= 15 is 0 Å². The predicted molar refractivity (Wildman–Crippen MR) is 109 cm³/mol. The van der Waals surface area contributed by atoms with E-state index in [0.29, 0.717) is 5.69 Å². The van der Waals surface area contributed by atoms with Gasteiger partial charge < -0.3 is 15.0 Å². The van der Waals surface area contributed by atoms with Crippen LogP contribution >= 0.6 is 0 Å². The molecule has 3 rings (SSSR count). The molecule has 0 atom stereocenters. The molecule has 1 aliphatic heterocycles. The van der Waals surface area contributed by atoms with E-state index in [1.54, 1.807) is 13.0 Å². The first-order valence-electron chi connectivity index (χ1n) is 9.71. The summed E-state index contributed by atoms with van der Waals surface area (Å²) in [6.45, 7) is 3.27. The smallest absolute Gasteiger partial charge is 0.338 e. The van der Waals surface area contributed by atoms with Gasteiger partial charge in [0, 0.05) is 30.8 Å². The molecule has 1 heterocycles. The van der Waals surface area contributed by atoms with E-state index in [-0.39, 0.29) is 23.4 Å². The van der Waals surface area contributed by atoms with Crippen molar-refractivity contribution in [2.75, 3.05) is 29.9 Å². The summed E-state index contributed by atoms with van der Waals surface area (Å²) in [4.78, 5) is 37.5. The second kappa shape index (κ2) is 9.34. The molecule has 9 heteroatoms. The van der Waals surface area contributed by atoms with Crippen LogP contribution in [0.4, 0.5) is 21.5 Å². The molecule has 0 bridgehead atoms. The first kappa shape index (κ1) is 21.2. The highest BCUT2D eigenvalue weighted by molar-refractivity contribution is 6.07. The van der Waals surface area contributed by atoms with Gasteiger partial charge in [-0.25, -0.2) is 9.18 Å². The first-order valence-corrected chi connectivity index (χ1v) is 9.71. The Hall–Kier alpha value is -3.49. The van der Waals surface area contributed by atoms with E-state index in [4.69, 9.17) is 4.74 Å². The Balaban J connectivity index is 1.93. The Kier molecular flexibility index (Phi) is 6.61. The Morgan fingerprint density at radius 3 is 2.50 bits per heavy atom. The summed E-state index contributed by atoms with van der Waals surface area (Å²) in [6, 6.07) is 7.49. The molecule has 2 aromatic rings. The van der Waals surface area contributed by atoms with Crippen molar-refractivity contribution < 1.29 is 23.6 Å². The highest BCUT2D eigenvalue weighted by atomic mass is 19.1. The molecule has 8 nitrogen and oxygen atoms in total. The molecule has 0 spiro atoms. The van der Waals surface area contributed by atoms with Crippen molar-refractivity contribution in [2.24, 2.45) is 0 Å². The fourth-order valence-corrected chi connectivity index (χ4v) is 3.39. The maximum Gasteiger partial charge on any atom is 0.338 e. The summed E-state index contributed by atoms with van der Waals surface area (Å²) >= 11 is 0. The van der Waals surface area contributed by atoms with Crippen LogP contribution in [0.5, 0.6) is 0 Å². The number of piperidine rings is 1. The summed E-state index contributed by atoms with van der Waals surface area (Å²) < 4.78 is 18.8. The lowest BCUT2D eigenvalue weighted by atomic mass is 10.1. The second-order valence-corrected chi connectivity index (χ2v) is 6.91. The van der Waals surface area contributed by atoms with Gasteiger partial charge in [-0.2, -0.15) is 0 Å². The maximum atomic E-state index is 13.9. The van der Waals surface area contributed by atoms with Gasteiger partial charge in [0.15, 0.2) is 0 Å². The zero-order valence-electron chi connectivity index (χ0n) is 16.5. The minimum absolute atomic E-state index is 0.0888. The van der Waals surface area contributed by atoms with Crippen molar-refractivity contribution in [3.63, 3.8) is 0 Å². The van der Waals surface area contributed by atoms with Crippen LogP contribution in [-0.2, 0) is 4.74 Å². The lowest BCUT2D eigenvalue weighted by molar-refractivity contribution is -0.384. The number of ether oxygens (including phenoxy) is 1. The van der Waals surface area contributed by atoms with Crippen LogP contribution in [0.1, 0.15) is 46.9 Å². The molecule has 30 heavy (non-hydrogen) atoms. The fourth-order valence-electron chi connectivity index (χ4n) is 3.39. The predicted octanol–water partition coefficient (Wildman–Crippen LogP) is 4.15. The molecule has 0 aromatic heterocycles. The number of esters is 1. The highest BCUT2D eigenvalue weighted by Crippen LogP contribution is 2.30. The fraction of sp³-hybridized carbons (Fsp3) is 0.333. The van der Waals surface area contributed by atoms with Crippen LogP contribution < -0.4 is 10.2 Å². The molecule has 0 aliphatic carbocycles. The van der Waals surface area contributed by atoms with E-state index in [9.17, 15) is 24.1 Å². The molecule has 1 amide bonds. The molecule has 0 radical (unpaired) electrons. The van der Waals surface area contributed by atoms with E-state index in [0.717, 1.165) is 44.5 Å². The lowest BCUT2D eigenvalue weighted by Gasteiger charge is -2.30. The van der Waals surface area contributed by atoms with Crippen LogP contribution in [-0.4, -0.2) is 36.5 Å². The minimum atomic E-state index is -0.769. The first-order chi connectivity index (χ1) is 14.4. The number of carbonyl (C=O) groups is 2. The molecule has 0 saturated carbocycles. The Bertz CT molecular complexity index is 973. The van der Waals surface area contributed by atoms with Crippen molar-refractivity contribution >= 4 is 28.9 Å². The highest BCUT2D eigenvalue weighted by Gasteiger charge is 2.21. The normalized spacial score (nSPS) is 13.6. The molecule has 1 N–H and O–H groups in total. The van der Waals surface area contributed by atoms with Crippen LogP contribution in [0.25, 0.3) is 0 Å². The van der Waals surface area contributed by atoms with Gasteiger partial charge in [0.1, 0.15) is 5.82 Å². The number of nitrogens with one attached hydrogen (secondary N) is 1. The number of benzene rings is 2. The van der Waals surface area contributed by atoms with E-state index in [2.05, 4.69) is 10.2 Å². The van der Waals surface area contributed by atoms with E-state index < -0.39 is 28.3 Å². The molecule has 158 valence electrons. The largest absolute Gasteiger partial charge is 0.462 e. The molecule has 1 saturated heterocycles. The van der Waals surface area contributed by atoms with Crippen LogP contribution in [0.3, 0.4) is 0 Å². The van der Waals surface area contributed by atoms with Crippen LogP contribution in [0.2, 0.25) is 0 Å². The number of rotatable bonds is 6. The van der Waals surface area contributed by atoms with Crippen molar-refractivity contribution in [1.29, 1.82) is 0 Å². The van der Waals surface area contributed by atoms with Gasteiger partial charge in [-0.3, -0.25) is 14.9 Å². The Morgan fingerprint density at radius 1 is 1.13 bits per heavy atom. The summed E-state index contributed by atoms with van der Waals surface area (Å²) in [5.41, 5.74) is 0.334. The number of hydrogen-bond acceptors (Lipinski definition) is 6. The van der Waals surface area contributed by atoms with Gasteiger partial charge in [0.05, 0.1) is 28.5 Å². The standard InChI is InChI=1S/C21H22FN3O5/c1-2-30-21(27)15-10-14(11-17(12-15)25(28)29)20(26)23-18-13-16(22)6-7-19(18)24-8-4-3-5-9-24/h6-7,10-13H,2-5,8-9H2,1H3,(H,23,26). The van der Waals surface area contributed by atoms with Crippen LogP contribution in [0.15, 0.2) is 36.4 Å². The van der Waals surface area contributed by atoms with Crippen molar-refractivity contribution in [3.05, 3.63) is 63.5 Å². The van der Waals surface area contributed by atoms with Gasteiger partial charge in [-0.15, -0.1) is 0 Å².